The van der Waals surface area contributed by atoms with Gasteiger partial charge >= 0.3 is 0 Å². The third-order valence-corrected chi connectivity index (χ3v) is 6.72. The Kier molecular flexibility index (Phi) is 5.81. The number of benzene rings is 2. The van der Waals surface area contributed by atoms with E-state index in [0.717, 1.165) is 24.1 Å². The number of amides is 1. The maximum absolute atomic E-state index is 13.7. The van der Waals surface area contributed by atoms with Crippen molar-refractivity contribution in [2.75, 3.05) is 26.2 Å². The molecule has 2 bridgehead atoms. The van der Waals surface area contributed by atoms with Gasteiger partial charge in [0.15, 0.2) is 5.78 Å². The number of hydrogen-bond acceptors (Lipinski definition) is 3. The van der Waals surface area contributed by atoms with Gasteiger partial charge in [0.1, 0.15) is 0 Å². The number of Topliss-reactive ketones (excluding diaryl/α,β-unsaturated/α-hetero) is 1. The van der Waals surface area contributed by atoms with Crippen LogP contribution in [-0.2, 0) is 9.59 Å². The molecule has 3 saturated heterocycles. The van der Waals surface area contributed by atoms with Gasteiger partial charge in [0.05, 0.1) is 12.0 Å². The molecule has 5 rings (SSSR count). The Morgan fingerprint density at radius 3 is 2.03 bits per heavy atom. The minimum absolute atomic E-state index is 0.00259. The van der Waals surface area contributed by atoms with Crippen molar-refractivity contribution < 1.29 is 9.59 Å². The molecule has 4 heteroatoms. The van der Waals surface area contributed by atoms with Gasteiger partial charge in [-0.05, 0) is 37.9 Å². The van der Waals surface area contributed by atoms with E-state index in [1.54, 1.807) is 0 Å². The van der Waals surface area contributed by atoms with E-state index in [1.807, 2.05) is 55.1 Å². The predicted molar refractivity (Wildman–Crippen MR) is 115 cm³/mol. The summed E-state index contributed by atoms with van der Waals surface area (Å²) >= 11 is 0. The SMILES string of the molecule is CCN(CC)C(=O)[C@H]1CN2CC[C@H]1C(=O)[C@H]2C(c1ccccc1)c1ccccc1. The second-order valence-corrected chi connectivity index (χ2v) is 8.15. The largest absolute Gasteiger partial charge is 0.343 e. The molecule has 0 aliphatic carbocycles. The number of carbonyl (C=O) groups excluding carboxylic acids is 2. The van der Waals surface area contributed by atoms with E-state index in [1.165, 1.54) is 0 Å². The van der Waals surface area contributed by atoms with Gasteiger partial charge in [0.2, 0.25) is 5.91 Å². The molecular weight excluding hydrogens is 360 g/mol. The van der Waals surface area contributed by atoms with Crippen molar-refractivity contribution in [2.45, 2.75) is 32.2 Å². The molecule has 3 heterocycles. The average molecular weight is 391 g/mol. The highest BCUT2D eigenvalue weighted by Crippen LogP contribution is 2.42. The van der Waals surface area contributed by atoms with Gasteiger partial charge in [-0.3, -0.25) is 14.5 Å². The number of nitrogens with zero attached hydrogens (tertiary/aromatic N) is 2. The van der Waals surface area contributed by atoms with E-state index in [2.05, 4.69) is 29.2 Å². The fraction of sp³-hybridized carbons (Fsp3) is 0.440. The van der Waals surface area contributed by atoms with E-state index in [4.69, 9.17) is 0 Å². The lowest BCUT2D eigenvalue weighted by molar-refractivity contribution is -0.154. The highest BCUT2D eigenvalue weighted by atomic mass is 16.2. The van der Waals surface area contributed by atoms with Gasteiger partial charge in [0, 0.05) is 31.5 Å². The van der Waals surface area contributed by atoms with Crippen LogP contribution in [0.25, 0.3) is 0 Å². The molecule has 4 nitrogen and oxygen atoms in total. The molecule has 4 atom stereocenters. The van der Waals surface area contributed by atoms with Gasteiger partial charge < -0.3 is 4.90 Å². The topological polar surface area (TPSA) is 40.6 Å². The Labute approximate surface area is 173 Å². The second kappa shape index (κ2) is 8.50. The highest BCUT2D eigenvalue weighted by Gasteiger charge is 2.52. The lowest BCUT2D eigenvalue weighted by Crippen LogP contribution is -2.64. The quantitative estimate of drug-likeness (QED) is 0.757. The molecule has 2 aromatic rings. The molecule has 3 aliphatic heterocycles. The number of ketones is 1. The van der Waals surface area contributed by atoms with Crippen LogP contribution in [0.2, 0.25) is 0 Å². The normalized spacial score (nSPS) is 26.0. The summed E-state index contributed by atoms with van der Waals surface area (Å²) in [5, 5.41) is 0. The van der Waals surface area contributed by atoms with Crippen LogP contribution in [0.15, 0.2) is 60.7 Å². The zero-order chi connectivity index (χ0) is 20.4. The highest BCUT2D eigenvalue weighted by molar-refractivity contribution is 5.95. The summed E-state index contributed by atoms with van der Waals surface area (Å²) in [4.78, 5) is 30.9. The van der Waals surface area contributed by atoms with E-state index < -0.39 is 0 Å². The van der Waals surface area contributed by atoms with Gasteiger partial charge in [-0.25, -0.2) is 0 Å². The van der Waals surface area contributed by atoms with Crippen LogP contribution in [0.4, 0.5) is 0 Å². The minimum Gasteiger partial charge on any atom is -0.343 e. The molecule has 3 fully saturated rings. The standard InChI is InChI=1S/C25H30N2O2/c1-3-26(4-2)25(29)21-17-27-16-15-20(21)24(28)23(27)22(18-11-7-5-8-12-18)19-13-9-6-10-14-19/h5-14,20-23H,3-4,15-17H2,1-2H3/t20-,21+,23-/m1/s1. The summed E-state index contributed by atoms with van der Waals surface area (Å²) < 4.78 is 0. The molecule has 0 radical (unpaired) electrons. The fourth-order valence-electron chi connectivity index (χ4n) is 5.24. The van der Waals surface area contributed by atoms with Gasteiger partial charge in [-0.2, -0.15) is 0 Å². The molecule has 0 saturated carbocycles. The zero-order valence-corrected chi connectivity index (χ0v) is 17.3. The van der Waals surface area contributed by atoms with Crippen molar-refractivity contribution in [3.05, 3.63) is 71.8 Å². The maximum atomic E-state index is 13.7. The number of hydrogen-bond donors (Lipinski definition) is 0. The van der Waals surface area contributed by atoms with E-state index in [9.17, 15) is 9.59 Å². The van der Waals surface area contributed by atoms with Crippen molar-refractivity contribution in [1.29, 1.82) is 0 Å². The zero-order valence-electron chi connectivity index (χ0n) is 17.3. The molecular formula is C25H30N2O2. The van der Waals surface area contributed by atoms with Gasteiger partial charge in [-0.1, -0.05) is 60.7 Å². The number of carbonyl (C=O) groups is 2. The van der Waals surface area contributed by atoms with Crippen LogP contribution < -0.4 is 0 Å². The molecule has 1 unspecified atom stereocenters. The molecule has 0 spiro atoms. The lowest BCUT2D eigenvalue weighted by Gasteiger charge is -2.51. The smallest absolute Gasteiger partial charge is 0.227 e. The van der Waals surface area contributed by atoms with Crippen LogP contribution >= 0.6 is 0 Å². The van der Waals surface area contributed by atoms with Crippen LogP contribution in [0, 0.1) is 11.8 Å². The van der Waals surface area contributed by atoms with Crippen LogP contribution in [0.5, 0.6) is 0 Å². The Morgan fingerprint density at radius 2 is 1.55 bits per heavy atom. The number of rotatable bonds is 6. The van der Waals surface area contributed by atoms with Gasteiger partial charge in [0.25, 0.3) is 0 Å². The van der Waals surface area contributed by atoms with E-state index in [0.29, 0.717) is 19.6 Å². The van der Waals surface area contributed by atoms with E-state index in [-0.39, 0.29) is 35.5 Å². The summed E-state index contributed by atoms with van der Waals surface area (Å²) in [6.45, 7) is 6.99. The molecule has 2 aromatic carbocycles. The Bertz CT molecular complexity index is 808. The van der Waals surface area contributed by atoms with Crippen molar-refractivity contribution in [1.82, 2.24) is 9.80 Å². The van der Waals surface area contributed by atoms with Crippen LogP contribution in [-0.4, -0.2) is 53.7 Å². The van der Waals surface area contributed by atoms with Crippen molar-refractivity contribution >= 4 is 11.7 Å². The Balaban J connectivity index is 1.68. The van der Waals surface area contributed by atoms with Crippen LogP contribution in [0.3, 0.4) is 0 Å². The minimum atomic E-state index is -0.195. The van der Waals surface area contributed by atoms with Crippen molar-refractivity contribution in [2.24, 2.45) is 11.8 Å². The van der Waals surface area contributed by atoms with Gasteiger partial charge in [-0.15, -0.1) is 0 Å². The predicted octanol–water partition coefficient (Wildman–Crippen LogP) is 3.58. The molecule has 152 valence electrons. The lowest BCUT2D eigenvalue weighted by atomic mass is 9.68. The van der Waals surface area contributed by atoms with Crippen molar-refractivity contribution in [3.63, 3.8) is 0 Å². The maximum Gasteiger partial charge on any atom is 0.227 e. The Hall–Kier alpha value is -2.46. The summed E-state index contributed by atoms with van der Waals surface area (Å²) in [6, 6.07) is 20.5. The first-order valence-electron chi connectivity index (χ1n) is 10.8. The molecule has 3 aliphatic rings. The summed E-state index contributed by atoms with van der Waals surface area (Å²) in [5.74, 6) is 0.0306. The first kappa shape index (κ1) is 19.8. The summed E-state index contributed by atoms with van der Waals surface area (Å²) in [7, 11) is 0. The summed E-state index contributed by atoms with van der Waals surface area (Å²) in [6.07, 6.45) is 0.795. The average Bonchev–Trinajstić information content (AvgIpc) is 2.78. The monoisotopic (exact) mass is 390 g/mol. The number of fused-ring (bicyclic) bond motifs is 3. The fourth-order valence-corrected chi connectivity index (χ4v) is 5.24. The molecule has 0 aromatic heterocycles. The first-order valence-corrected chi connectivity index (χ1v) is 10.8. The summed E-state index contributed by atoms with van der Waals surface area (Å²) in [5.41, 5.74) is 2.33. The molecule has 29 heavy (non-hydrogen) atoms. The van der Waals surface area contributed by atoms with Crippen molar-refractivity contribution in [3.8, 4) is 0 Å². The van der Waals surface area contributed by atoms with E-state index >= 15 is 0 Å². The molecule has 1 amide bonds. The third-order valence-electron chi connectivity index (χ3n) is 6.72. The van der Waals surface area contributed by atoms with Crippen LogP contribution in [0.1, 0.15) is 37.3 Å². The third kappa shape index (κ3) is 3.62. The Morgan fingerprint density at radius 1 is 1.00 bits per heavy atom. The second-order valence-electron chi connectivity index (χ2n) is 8.15. The first-order chi connectivity index (χ1) is 14.2. The number of piperidine rings is 3. The molecule has 0 N–H and O–H groups in total.